The van der Waals surface area contributed by atoms with E-state index in [1.807, 2.05) is 13.0 Å². The molecule has 1 aliphatic rings. The molecule has 1 aromatic carbocycles. The Kier molecular flexibility index (Phi) is 7.57. The third kappa shape index (κ3) is 4.92. The molecule has 0 bridgehead atoms. The zero-order valence-corrected chi connectivity index (χ0v) is 23.9. The summed E-state index contributed by atoms with van der Waals surface area (Å²) in [6, 6.07) is 9.76. The average molecular weight is 562 g/mol. The Labute approximate surface area is 235 Å². The average Bonchev–Trinajstić information content (AvgIpc) is 3.57. The van der Waals surface area contributed by atoms with Crippen LogP contribution in [0.15, 0.2) is 48.2 Å². The fraction of sp³-hybridized carbons (Fsp3) is 0.345. The van der Waals surface area contributed by atoms with E-state index >= 15 is 0 Å². The third-order valence-electron chi connectivity index (χ3n) is 6.63. The van der Waals surface area contributed by atoms with Gasteiger partial charge in [-0.25, -0.2) is 4.98 Å². The Hall–Kier alpha value is -4.25. The minimum Gasteiger partial charge on any atom is -0.505 e. The molecule has 1 N–H and O–H groups in total. The molecule has 208 valence electrons. The summed E-state index contributed by atoms with van der Waals surface area (Å²) < 4.78 is 13.6. The maximum Gasteiger partial charge on any atom is 0.301 e. The molecule has 5 rings (SSSR count). The number of aryl methyl sites for hydroxylation is 2. The van der Waals surface area contributed by atoms with Gasteiger partial charge in [-0.2, -0.15) is 0 Å². The minimum atomic E-state index is -0.982. The molecule has 0 spiro atoms. The van der Waals surface area contributed by atoms with E-state index in [-0.39, 0.29) is 16.5 Å². The molecule has 1 saturated heterocycles. The van der Waals surface area contributed by atoms with Gasteiger partial charge in [0.2, 0.25) is 5.13 Å². The van der Waals surface area contributed by atoms with Crippen molar-refractivity contribution in [3.8, 4) is 11.5 Å². The van der Waals surface area contributed by atoms with Crippen molar-refractivity contribution in [2.24, 2.45) is 5.92 Å². The van der Waals surface area contributed by atoms with Gasteiger partial charge in [-0.05, 0) is 62.9 Å². The van der Waals surface area contributed by atoms with Crippen LogP contribution in [0.2, 0.25) is 0 Å². The number of imidazole rings is 1. The molecule has 40 heavy (non-hydrogen) atoms. The lowest BCUT2D eigenvalue weighted by molar-refractivity contribution is -0.132. The predicted molar refractivity (Wildman–Crippen MR) is 152 cm³/mol. The molecule has 0 aliphatic carbocycles. The summed E-state index contributed by atoms with van der Waals surface area (Å²) in [5.74, 6) is -0.423. The molecule has 1 atom stereocenters. The largest absolute Gasteiger partial charge is 0.505 e. The highest BCUT2D eigenvalue weighted by Gasteiger charge is 2.49. The van der Waals surface area contributed by atoms with E-state index in [4.69, 9.17) is 9.47 Å². The number of Topliss-reactive ketones (excluding diaryl/α,β-unsaturated/α-hetero) is 1. The Morgan fingerprint density at radius 1 is 1.10 bits per heavy atom. The standard InChI is InChI=1S/C29H31N5O5S/c1-6-38-21-15-19(10-11-20(21)39-14-12-16(2)3)25-23(27(36)28(37)34(25)29-32-31-18(5)40-29)26(35)24-17(4)30-22-9-7-8-13-33(22)24/h7-11,13,15-16,25,35H,6,12,14H2,1-5H3. The molecule has 3 aromatic heterocycles. The van der Waals surface area contributed by atoms with Gasteiger partial charge in [-0.15, -0.1) is 10.2 Å². The number of hydrogen-bond donors (Lipinski definition) is 1. The van der Waals surface area contributed by atoms with Crippen LogP contribution in [0.5, 0.6) is 11.5 Å². The van der Waals surface area contributed by atoms with Crippen LogP contribution in [0, 0.1) is 19.8 Å². The van der Waals surface area contributed by atoms with Crippen LogP contribution < -0.4 is 14.4 Å². The molecule has 1 fully saturated rings. The van der Waals surface area contributed by atoms with Gasteiger partial charge in [-0.3, -0.25) is 18.9 Å². The molecule has 4 aromatic rings. The van der Waals surface area contributed by atoms with Gasteiger partial charge in [0.15, 0.2) is 17.3 Å². The number of aliphatic hydroxyl groups excluding tert-OH is 1. The first-order valence-electron chi connectivity index (χ1n) is 13.2. The highest BCUT2D eigenvalue weighted by Crippen LogP contribution is 2.45. The predicted octanol–water partition coefficient (Wildman–Crippen LogP) is 5.25. The van der Waals surface area contributed by atoms with Crippen LogP contribution in [0.1, 0.15) is 55.2 Å². The van der Waals surface area contributed by atoms with E-state index in [2.05, 4.69) is 29.0 Å². The lowest BCUT2D eigenvalue weighted by Gasteiger charge is -2.24. The van der Waals surface area contributed by atoms with Gasteiger partial charge in [0.1, 0.15) is 16.3 Å². The first-order valence-corrected chi connectivity index (χ1v) is 14.0. The normalized spacial score (nSPS) is 16.9. The maximum absolute atomic E-state index is 13.6. The number of hydrogen-bond acceptors (Lipinski definition) is 9. The van der Waals surface area contributed by atoms with Crippen molar-refractivity contribution in [1.82, 2.24) is 19.6 Å². The second-order valence-electron chi connectivity index (χ2n) is 9.92. The zero-order valence-electron chi connectivity index (χ0n) is 23.0. The van der Waals surface area contributed by atoms with Gasteiger partial charge < -0.3 is 14.6 Å². The van der Waals surface area contributed by atoms with Crippen molar-refractivity contribution in [3.63, 3.8) is 0 Å². The molecule has 1 unspecified atom stereocenters. The van der Waals surface area contributed by atoms with Crippen molar-refractivity contribution in [2.45, 2.75) is 47.1 Å². The molecule has 1 aliphatic heterocycles. The van der Waals surface area contributed by atoms with Crippen LogP contribution in [0.4, 0.5) is 5.13 Å². The van der Waals surface area contributed by atoms with Gasteiger partial charge in [0.05, 0.1) is 30.5 Å². The molecule has 4 heterocycles. The highest BCUT2D eigenvalue weighted by molar-refractivity contribution is 7.15. The molecule has 10 nitrogen and oxygen atoms in total. The summed E-state index contributed by atoms with van der Waals surface area (Å²) in [6.45, 7) is 10.5. The third-order valence-corrected chi connectivity index (χ3v) is 7.47. The number of anilines is 1. The number of rotatable bonds is 9. The van der Waals surface area contributed by atoms with Gasteiger partial charge in [0.25, 0.3) is 5.78 Å². The number of ketones is 1. The SMILES string of the molecule is CCOc1cc(C2C(=C(O)c3c(C)nc4ccccn34)C(=O)C(=O)N2c2nnc(C)s2)ccc1OCCC(C)C. The summed E-state index contributed by atoms with van der Waals surface area (Å²) in [4.78, 5) is 32.9. The van der Waals surface area contributed by atoms with Gasteiger partial charge in [0, 0.05) is 6.20 Å². The van der Waals surface area contributed by atoms with E-state index in [0.29, 0.717) is 58.2 Å². The molecule has 11 heteroatoms. The monoisotopic (exact) mass is 561 g/mol. The number of pyridine rings is 1. The second kappa shape index (κ2) is 11.1. The number of fused-ring (bicyclic) bond motifs is 1. The number of carbonyl (C=O) groups excluding carboxylic acids is 2. The lowest BCUT2D eigenvalue weighted by Crippen LogP contribution is -2.29. The lowest BCUT2D eigenvalue weighted by atomic mass is 9.96. The van der Waals surface area contributed by atoms with Crippen LogP contribution in [0.25, 0.3) is 11.4 Å². The maximum atomic E-state index is 13.6. The number of benzene rings is 1. The van der Waals surface area contributed by atoms with Crippen molar-refractivity contribution < 1.29 is 24.2 Å². The second-order valence-corrected chi connectivity index (χ2v) is 11.1. The van der Waals surface area contributed by atoms with E-state index in [0.717, 1.165) is 6.42 Å². The van der Waals surface area contributed by atoms with E-state index in [1.165, 1.54) is 16.2 Å². The van der Waals surface area contributed by atoms with Crippen LogP contribution in [-0.4, -0.2) is 49.6 Å². The van der Waals surface area contributed by atoms with Gasteiger partial charge in [-0.1, -0.05) is 37.3 Å². The van der Waals surface area contributed by atoms with Crippen molar-refractivity contribution in [2.75, 3.05) is 18.1 Å². The number of amides is 1. The summed E-state index contributed by atoms with van der Waals surface area (Å²) in [6.07, 6.45) is 2.63. The number of ether oxygens (including phenoxy) is 2. The molecule has 0 saturated carbocycles. The van der Waals surface area contributed by atoms with E-state index in [9.17, 15) is 14.7 Å². The number of aromatic nitrogens is 4. The van der Waals surface area contributed by atoms with Crippen molar-refractivity contribution in [3.05, 3.63) is 70.1 Å². The van der Waals surface area contributed by atoms with E-state index < -0.39 is 17.7 Å². The minimum absolute atomic E-state index is 0.0671. The fourth-order valence-corrected chi connectivity index (χ4v) is 5.46. The Morgan fingerprint density at radius 3 is 2.60 bits per heavy atom. The van der Waals surface area contributed by atoms with Gasteiger partial charge >= 0.3 is 5.91 Å². The number of carbonyl (C=O) groups is 2. The molecule has 1 amide bonds. The number of nitrogens with zero attached hydrogens (tertiary/aromatic N) is 5. The molecule has 0 radical (unpaired) electrons. The molecular formula is C29H31N5O5S. The smallest absolute Gasteiger partial charge is 0.301 e. The summed E-state index contributed by atoms with van der Waals surface area (Å²) >= 11 is 1.19. The first-order chi connectivity index (χ1) is 19.2. The van der Waals surface area contributed by atoms with Crippen molar-refractivity contribution >= 4 is 39.6 Å². The van der Waals surface area contributed by atoms with Crippen LogP contribution in [0.3, 0.4) is 0 Å². The summed E-state index contributed by atoms with van der Waals surface area (Å²) in [5.41, 5.74) is 1.95. The topological polar surface area (TPSA) is 119 Å². The quantitative estimate of drug-likeness (QED) is 0.167. The highest BCUT2D eigenvalue weighted by atomic mass is 32.1. The van der Waals surface area contributed by atoms with Crippen LogP contribution >= 0.6 is 11.3 Å². The Bertz CT molecular complexity index is 1620. The zero-order chi connectivity index (χ0) is 28.6. The Morgan fingerprint density at radius 2 is 1.90 bits per heavy atom. The number of aliphatic hydroxyl groups is 1. The Balaban J connectivity index is 1.69. The summed E-state index contributed by atoms with van der Waals surface area (Å²) in [7, 11) is 0. The fourth-order valence-electron chi connectivity index (χ4n) is 4.74. The van der Waals surface area contributed by atoms with Crippen molar-refractivity contribution in [1.29, 1.82) is 0 Å². The molecular weight excluding hydrogens is 530 g/mol. The van der Waals surface area contributed by atoms with Crippen LogP contribution in [-0.2, 0) is 9.59 Å². The summed E-state index contributed by atoms with van der Waals surface area (Å²) in [5, 5.41) is 20.8. The van der Waals surface area contributed by atoms with E-state index in [1.54, 1.807) is 54.8 Å². The first kappa shape index (κ1) is 27.3.